The van der Waals surface area contributed by atoms with Gasteiger partial charge in [-0.3, -0.25) is 0 Å². The van der Waals surface area contributed by atoms with Gasteiger partial charge in [0.05, 0.1) is 19.8 Å². The van der Waals surface area contributed by atoms with E-state index < -0.39 is 33.8 Å². The first-order valence-corrected chi connectivity index (χ1v) is 22.5. The van der Waals surface area contributed by atoms with Crippen LogP contribution in [0.3, 0.4) is 0 Å². The molecule has 1 aliphatic heterocycles. The Morgan fingerprint density at radius 1 is 0.815 bits per heavy atom. The van der Waals surface area contributed by atoms with E-state index >= 15 is 0 Å². The lowest BCUT2D eigenvalue weighted by molar-refractivity contribution is -0.150. The Hall–Kier alpha value is 0.668. The maximum Gasteiger partial charge on any atom is 0.315 e. The number of hydrogen-bond donors (Lipinski definition) is 0. The fourth-order valence-corrected chi connectivity index (χ4v) is 21.5. The third-order valence-electron chi connectivity index (χ3n) is 4.43. The lowest BCUT2D eigenvalue weighted by Crippen LogP contribution is -2.56. The molecule has 5 nitrogen and oxygen atoms in total. The fourth-order valence-electron chi connectivity index (χ4n) is 3.61. The van der Waals surface area contributed by atoms with Crippen LogP contribution in [0, 0.1) is 5.41 Å². The second kappa shape index (κ2) is 9.65. The van der Waals surface area contributed by atoms with Crippen LogP contribution < -0.4 is 0 Å². The largest absolute Gasteiger partial charge is 0.437 e. The van der Waals surface area contributed by atoms with Gasteiger partial charge in [-0.25, -0.2) is 0 Å². The molecule has 27 heavy (non-hydrogen) atoms. The molecule has 0 bridgehead atoms. The average Bonchev–Trinajstić information content (AvgIpc) is 2.34. The molecule has 1 fully saturated rings. The van der Waals surface area contributed by atoms with Gasteiger partial charge in [0, 0.05) is 12.0 Å². The van der Waals surface area contributed by atoms with Crippen molar-refractivity contribution in [2.24, 2.45) is 5.41 Å². The molecule has 9 heteroatoms. The topological polar surface area (TPSA) is 46.2 Å². The van der Waals surface area contributed by atoms with Gasteiger partial charge in [-0.1, -0.05) is 6.92 Å². The Bertz CT molecular complexity index is 452. The highest BCUT2D eigenvalue weighted by atomic mass is 28.5. The van der Waals surface area contributed by atoms with Crippen molar-refractivity contribution >= 4 is 33.8 Å². The summed E-state index contributed by atoms with van der Waals surface area (Å²) in [6.07, 6.45) is 2.10. The van der Waals surface area contributed by atoms with Gasteiger partial charge in [0.25, 0.3) is 0 Å². The lowest BCUT2D eigenvalue weighted by Gasteiger charge is -2.41. The van der Waals surface area contributed by atoms with Crippen LogP contribution in [-0.4, -0.2) is 60.2 Å². The highest BCUT2D eigenvalue weighted by Gasteiger charge is 2.44. The smallest absolute Gasteiger partial charge is 0.315 e. The van der Waals surface area contributed by atoms with E-state index in [2.05, 4.69) is 65.8 Å². The summed E-state index contributed by atoms with van der Waals surface area (Å²) in [5, 5.41) is 0. The molecular weight excluding hydrogens is 409 g/mol. The molecule has 0 aliphatic carbocycles. The lowest BCUT2D eigenvalue weighted by atomic mass is 9.84. The number of rotatable bonds is 13. The van der Waals surface area contributed by atoms with E-state index in [1.165, 1.54) is 0 Å². The molecule has 0 spiro atoms. The highest BCUT2D eigenvalue weighted by molar-refractivity contribution is 6.89. The summed E-state index contributed by atoms with van der Waals surface area (Å²) in [5.41, 5.74) is 0.256. The molecule has 0 aromatic heterocycles. The van der Waals surface area contributed by atoms with Gasteiger partial charge in [-0.2, -0.15) is 0 Å². The average molecular weight is 453 g/mol. The predicted molar refractivity (Wildman–Crippen MR) is 123 cm³/mol. The summed E-state index contributed by atoms with van der Waals surface area (Å²) in [6.45, 7) is 25.4. The molecule has 1 rings (SSSR count). The molecule has 1 atom stereocenters. The molecule has 1 unspecified atom stereocenters. The minimum absolute atomic E-state index is 0.256. The molecule has 0 radical (unpaired) electrons. The van der Waals surface area contributed by atoms with Crippen molar-refractivity contribution in [2.75, 3.05) is 26.4 Å². The molecule has 1 heterocycles. The second-order valence-corrected chi connectivity index (χ2v) is 27.0. The van der Waals surface area contributed by atoms with Crippen LogP contribution in [0.5, 0.6) is 0 Å². The Kier molecular flexibility index (Phi) is 9.19. The van der Waals surface area contributed by atoms with E-state index in [9.17, 15) is 0 Å². The van der Waals surface area contributed by atoms with Crippen LogP contribution in [0.15, 0.2) is 0 Å². The molecule has 162 valence electrons. The summed E-state index contributed by atoms with van der Waals surface area (Å²) in [4.78, 5) is 0. The monoisotopic (exact) mass is 452 g/mol. The van der Waals surface area contributed by atoms with Crippen molar-refractivity contribution in [1.82, 2.24) is 0 Å². The molecular formula is C18H44O5Si4. The molecule has 1 aliphatic rings. The summed E-state index contributed by atoms with van der Waals surface area (Å²) in [6, 6.07) is 0.957. The van der Waals surface area contributed by atoms with Gasteiger partial charge >= 0.3 is 17.1 Å². The second-order valence-electron chi connectivity index (χ2n) is 10.6. The van der Waals surface area contributed by atoms with Gasteiger partial charge in [0.2, 0.25) is 0 Å². The van der Waals surface area contributed by atoms with Crippen LogP contribution in [0.25, 0.3) is 0 Å². The van der Waals surface area contributed by atoms with Gasteiger partial charge < -0.3 is 21.8 Å². The zero-order valence-corrected chi connectivity index (χ0v) is 23.5. The van der Waals surface area contributed by atoms with E-state index in [-0.39, 0.29) is 5.41 Å². The first kappa shape index (κ1) is 25.7. The molecule has 1 saturated heterocycles. The zero-order valence-electron chi connectivity index (χ0n) is 19.5. The summed E-state index contributed by atoms with van der Waals surface area (Å²) >= 11 is 0. The Morgan fingerprint density at radius 2 is 1.37 bits per heavy atom. The fraction of sp³-hybridized carbons (Fsp3) is 1.00. The molecule has 0 N–H and O–H groups in total. The summed E-state index contributed by atoms with van der Waals surface area (Å²) < 4.78 is 31.1. The Balaban J connectivity index is 2.59. The Morgan fingerprint density at radius 3 is 1.78 bits per heavy atom. The maximum atomic E-state index is 6.71. The SMILES string of the molecule is CCC1(COCCC[Si](C)(O[Si](C)(C)C)O[Si](C)(C)O[Si](C)(C)C)COC1. The van der Waals surface area contributed by atoms with Crippen molar-refractivity contribution in [1.29, 1.82) is 0 Å². The predicted octanol–water partition coefficient (Wildman–Crippen LogP) is 5.31. The first-order valence-electron chi connectivity index (χ1n) is 10.4. The van der Waals surface area contributed by atoms with Crippen molar-refractivity contribution in [3.05, 3.63) is 0 Å². The molecule has 0 amide bonds. The van der Waals surface area contributed by atoms with E-state index in [1.54, 1.807) is 0 Å². The minimum atomic E-state index is -2.30. The van der Waals surface area contributed by atoms with Crippen molar-refractivity contribution in [3.8, 4) is 0 Å². The first-order chi connectivity index (χ1) is 12.1. The van der Waals surface area contributed by atoms with Crippen LogP contribution in [0.2, 0.25) is 65.0 Å². The van der Waals surface area contributed by atoms with Gasteiger partial charge in [0.1, 0.15) is 0 Å². The third kappa shape index (κ3) is 10.3. The van der Waals surface area contributed by atoms with Crippen LogP contribution in [-0.2, 0) is 21.8 Å². The van der Waals surface area contributed by atoms with E-state index in [0.717, 1.165) is 45.3 Å². The van der Waals surface area contributed by atoms with Gasteiger partial charge in [-0.05, 0) is 77.8 Å². The third-order valence-corrected chi connectivity index (χ3v) is 18.0. The maximum absolute atomic E-state index is 6.71. The summed E-state index contributed by atoms with van der Waals surface area (Å²) in [5.74, 6) is 0. The van der Waals surface area contributed by atoms with Crippen LogP contribution >= 0.6 is 0 Å². The summed E-state index contributed by atoms with van der Waals surface area (Å²) in [7, 11) is -7.85. The minimum Gasteiger partial charge on any atom is -0.437 e. The van der Waals surface area contributed by atoms with E-state index in [1.807, 2.05) is 0 Å². The van der Waals surface area contributed by atoms with Crippen LogP contribution in [0.1, 0.15) is 19.8 Å². The number of ether oxygens (including phenoxy) is 2. The number of hydrogen-bond acceptors (Lipinski definition) is 5. The van der Waals surface area contributed by atoms with Crippen LogP contribution in [0.4, 0.5) is 0 Å². The van der Waals surface area contributed by atoms with Crippen molar-refractivity contribution < 1.29 is 21.8 Å². The van der Waals surface area contributed by atoms with Gasteiger partial charge in [-0.15, -0.1) is 0 Å². The van der Waals surface area contributed by atoms with Crippen molar-refractivity contribution in [2.45, 2.75) is 84.7 Å². The van der Waals surface area contributed by atoms with E-state index in [4.69, 9.17) is 21.8 Å². The normalized spacial score (nSPS) is 20.2. The highest BCUT2D eigenvalue weighted by Crippen LogP contribution is 2.32. The van der Waals surface area contributed by atoms with Crippen molar-refractivity contribution in [3.63, 3.8) is 0 Å². The molecule has 0 aromatic carbocycles. The molecule has 0 aromatic rings. The standard InChI is InChI=1S/C18H44O5Si4/c1-11-18(16-20-17-18)15-19-13-12-14-27(10,22-25(5,6)7)23-26(8,9)21-24(2,3)4/h11-17H2,1-10H3. The quantitative estimate of drug-likeness (QED) is 0.280. The zero-order chi connectivity index (χ0) is 21.0. The molecule has 0 saturated carbocycles. The van der Waals surface area contributed by atoms with E-state index in [0.29, 0.717) is 0 Å². The van der Waals surface area contributed by atoms with Gasteiger partial charge in [0.15, 0.2) is 16.6 Å². The Labute approximate surface area is 172 Å².